The van der Waals surface area contributed by atoms with Gasteiger partial charge < -0.3 is 14.6 Å². The van der Waals surface area contributed by atoms with Crippen LogP contribution in [0, 0.1) is 5.82 Å². The van der Waals surface area contributed by atoms with E-state index in [4.69, 9.17) is 9.47 Å². The van der Waals surface area contributed by atoms with Gasteiger partial charge in [0.25, 0.3) is 0 Å². The molecule has 0 aliphatic heterocycles. The Morgan fingerprint density at radius 1 is 1.08 bits per heavy atom. The van der Waals surface area contributed by atoms with Crippen LogP contribution in [0.5, 0.6) is 11.5 Å². The molecule has 0 aliphatic carbocycles. The fraction of sp³-hybridized carbons (Fsp3) is 0.111. The molecule has 24 heavy (non-hydrogen) atoms. The lowest BCUT2D eigenvalue weighted by molar-refractivity contribution is 0.0699. The topological polar surface area (TPSA) is 68.7 Å². The number of carboxylic acids is 1. The number of aromatic nitrogens is 1. The minimum absolute atomic E-state index is 0.00992. The molecule has 0 atom stereocenters. The third-order valence-electron chi connectivity index (χ3n) is 3.70. The van der Waals surface area contributed by atoms with Crippen molar-refractivity contribution < 1.29 is 23.8 Å². The van der Waals surface area contributed by atoms with Crippen LogP contribution < -0.4 is 9.47 Å². The molecule has 0 unspecified atom stereocenters. The van der Waals surface area contributed by atoms with E-state index in [-0.39, 0.29) is 16.5 Å². The van der Waals surface area contributed by atoms with E-state index in [2.05, 4.69) is 4.98 Å². The molecule has 0 amide bonds. The number of hydrogen-bond donors (Lipinski definition) is 1. The van der Waals surface area contributed by atoms with E-state index in [1.54, 1.807) is 18.2 Å². The molecule has 122 valence electrons. The number of hydrogen-bond acceptors (Lipinski definition) is 4. The molecule has 3 aromatic rings. The van der Waals surface area contributed by atoms with E-state index in [0.717, 1.165) is 0 Å². The number of halogens is 1. The number of ether oxygens (including phenoxy) is 2. The number of rotatable bonds is 4. The molecular weight excluding hydrogens is 313 g/mol. The molecule has 0 radical (unpaired) electrons. The SMILES string of the molecule is COc1ccc(-c2cc(C(=O)O)c3cccc(F)c3n2)cc1OC. The summed E-state index contributed by atoms with van der Waals surface area (Å²) in [6, 6.07) is 10.7. The van der Waals surface area contributed by atoms with Gasteiger partial charge in [0.05, 0.1) is 25.5 Å². The van der Waals surface area contributed by atoms with Crippen molar-refractivity contribution >= 4 is 16.9 Å². The first kappa shape index (κ1) is 15.7. The maximum Gasteiger partial charge on any atom is 0.336 e. The summed E-state index contributed by atoms with van der Waals surface area (Å²) < 4.78 is 24.5. The monoisotopic (exact) mass is 327 g/mol. The lowest BCUT2D eigenvalue weighted by atomic mass is 10.0. The Morgan fingerprint density at radius 3 is 2.50 bits per heavy atom. The minimum atomic E-state index is -1.14. The van der Waals surface area contributed by atoms with Gasteiger partial charge in [-0.2, -0.15) is 0 Å². The molecule has 0 saturated carbocycles. The molecule has 1 N–H and O–H groups in total. The second-order valence-corrected chi connectivity index (χ2v) is 5.07. The number of para-hydroxylation sites is 1. The summed E-state index contributed by atoms with van der Waals surface area (Å²) in [4.78, 5) is 15.8. The van der Waals surface area contributed by atoms with Crippen molar-refractivity contribution in [2.75, 3.05) is 14.2 Å². The summed E-state index contributed by atoms with van der Waals surface area (Å²) in [5.74, 6) is -0.707. The fourth-order valence-electron chi connectivity index (χ4n) is 2.53. The normalized spacial score (nSPS) is 10.6. The average Bonchev–Trinajstić information content (AvgIpc) is 2.60. The van der Waals surface area contributed by atoms with Gasteiger partial charge in [0, 0.05) is 10.9 Å². The first-order valence-electron chi connectivity index (χ1n) is 7.10. The molecule has 0 bridgehead atoms. The van der Waals surface area contributed by atoms with Crippen LogP contribution in [0.1, 0.15) is 10.4 Å². The number of benzene rings is 2. The molecule has 0 spiro atoms. The number of pyridine rings is 1. The molecule has 6 heteroatoms. The van der Waals surface area contributed by atoms with Gasteiger partial charge in [-0.25, -0.2) is 14.2 Å². The van der Waals surface area contributed by atoms with Gasteiger partial charge in [-0.3, -0.25) is 0 Å². The zero-order chi connectivity index (χ0) is 17.3. The van der Waals surface area contributed by atoms with Crippen LogP contribution in [0.2, 0.25) is 0 Å². The molecule has 3 rings (SSSR count). The molecule has 1 aromatic heterocycles. The average molecular weight is 327 g/mol. The van der Waals surface area contributed by atoms with Crippen molar-refractivity contribution in [1.82, 2.24) is 4.98 Å². The van der Waals surface area contributed by atoms with Gasteiger partial charge in [-0.05, 0) is 30.3 Å². The third kappa shape index (κ3) is 2.62. The van der Waals surface area contributed by atoms with Crippen molar-refractivity contribution in [2.24, 2.45) is 0 Å². The van der Waals surface area contributed by atoms with E-state index >= 15 is 0 Å². The van der Waals surface area contributed by atoms with Crippen molar-refractivity contribution in [3.63, 3.8) is 0 Å². The van der Waals surface area contributed by atoms with Crippen LogP contribution in [0.15, 0.2) is 42.5 Å². The summed E-state index contributed by atoms with van der Waals surface area (Å²) in [7, 11) is 3.02. The van der Waals surface area contributed by atoms with Crippen LogP contribution in [-0.2, 0) is 0 Å². The van der Waals surface area contributed by atoms with Crippen LogP contribution in [-0.4, -0.2) is 30.3 Å². The Labute approximate surface area is 137 Å². The zero-order valence-corrected chi connectivity index (χ0v) is 13.0. The standard InChI is InChI=1S/C18H14FNO4/c1-23-15-7-6-10(8-16(15)24-2)14-9-12(18(21)22)11-4-3-5-13(19)17(11)20-14/h3-9H,1-2H3,(H,21,22). The smallest absolute Gasteiger partial charge is 0.336 e. The number of methoxy groups -OCH3 is 2. The Balaban J connectivity index is 2.27. The van der Waals surface area contributed by atoms with E-state index < -0.39 is 11.8 Å². The third-order valence-corrected chi connectivity index (χ3v) is 3.70. The van der Waals surface area contributed by atoms with Crippen LogP contribution in [0.3, 0.4) is 0 Å². The van der Waals surface area contributed by atoms with Crippen LogP contribution in [0.4, 0.5) is 4.39 Å². The Bertz CT molecular complexity index is 940. The number of carboxylic acid groups (broad SMARTS) is 1. The maximum absolute atomic E-state index is 14.1. The number of aromatic carboxylic acids is 1. The quantitative estimate of drug-likeness (QED) is 0.790. The molecular formula is C18H14FNO4. The molecule has 5 nitrogen and oxygen atoms in total. The lowest BCUT2D eigenvalue weighted by Gasteiger charge is -2.11. The van der Waals surface area contributed by atoms with Crippen LogP contribution in [0.25, 0.3) is 22.2 Å². The van der Waals surface area contributed by atoms with E-state index in [0.29, 0.717) is 22.8 Å². The number of fused-ring (bicyclic) bond motifs is 1. The predicted octanol–water partition coefficient (Wildman–Crippen LogP) is 3.76. The first-order chi connectivity index (χ1) is 11.5. The van der Waals surface area contributed by atoms with E-state index in [1.807, 2.05) is 0 Å². The van der Waals surface area contributed by atoms with Crippen LogP contribution >= 0.6 is 0 Å². The highest BCUT2D eigenvalue weighted by atomic mass is 19.1. The highest BCUT2D eigenvalue weighted by Gasteiger charge is 2.16. The van der Waals surface area contributed by atoms with E-state index in [1.165, 1.54) is 38.5 Å². The molecule has 0 aliphatic rings. The van der Waals surface area contributed by atoms with Gasteiger partial charge in [-0.15, -0.1) is 0 Å². The molecule has 0 saturated heterocycles. The summed E-state index contributed by atoms with van der Waals surface area (Å²) in [5.41, 5.74) is 0.942. The predicted molar refractivity (Wildman–Crippen MR) is 87.2 cm³/mol. The number of nitrogens with zero attached hydrogens (tertiary/aromatic N) is 1. The van der Waals surface area contributed by atoms with Gasteiger partial charge in [-0.1, -0.05) is 12.1 Å². The first-order valence-corrected chi connectivity index (χ1v) is 7.10. The molecule has 0 fully saturated rings. The Hall–Kier alpha value is -3.15. The van der Waals surface area contributed by atoms with Gasteiger partial charge in [0.2, 0.25) is 0 Å². The van der Waals surface area contributed by atoms with Crippen molar-refractivity contribution in [1.29, 1.82) is 0 Å². The highest BCUT2D eigenvalue weighted by Crippen LogP contribution is 2.33. The summed E-state index contributed by atoms with van der Waals surface area (Å²) >= 11 is 0. The second-order valence-electron chi connectivity index (χ2n) is 5.07. The van der Waals surface area contributed by atoms with Crippen molar-refractivity contribution in [3.05, 3.63) is 53.8 Å². The fourth-order valence-corrected chi connectivity index (χ4v) is 2.53. The molecule has 1 heterocycles. The lowest BCUT2D eigenvalue weighted by Crippen LogP contribution is -2.01. The Morgan fingerprint density at radius 2 is 1.83 bits per heavy atom. The molecule has 2 aromatic carbocycles. The minimum Gasteiger partial charge on any atom is -0.493 e. The summed E-state index contributed by atoms with van der Waals surface area (Å²) in [5, 5.41) is 9.69. The van der Waals surface area contributed by atoms with Crippen molar-refractivity contribution in [2.45, 2.75) is 0 Å². The van der Waals surface area contributed by atoms with Crippen molar-refractivity contribution in [3.8, 4) is 22.8 Å². The summed E-state index contributed by atoms with van der Waals surface area (Å²) in [6.45, 7) is 0. The summed E-state index contributed by atoms with van der Waals surface area (Å²) in [6.07, 6.45) is 0. The maximum atomic E-state index is 14.1. The second kappa shape index (κ2) is 6.16. The largest absolute Gasteiger partial charge is 0.493 e. The van der Waals surface area contributed by atoms with Gasteiger partial charge >= 0.3 is 5.97 Å². The zero-order valence-electron chi connectivity index (χ0n) is 13.0. The highest BCUT2D eigenvalue weighted by molar-refractivity contribution is 6.03. The van der Waals surface area contributed by atoms with Gasteiger partial charge in [0.1, 0.15) is 11.3 Å². The number of carbonyl (C=O) groups is 1. The van der Waals surface area contributed by atoms with E-state index in [9.17, 15) is 14.3 Å². The van der Waals surface area contributed by atoms with Gasteiger partial charge in [0.15, 0.2) is 11.5 Å². The Kier molecular flexibility index (Phi) is 4.04.